The van der Waals surface area contributed by atoms with Gasteiger partial charge in [0.2, 0.25) is 5.13 Å². The van der Waals surface area contributed by atoms with Gasteiger partial charge in [0.05, 0.1) is 7.11 Å². The van der Waals surface area contributed by atoms with Gasteiger partial charge in [-0.25, -0.2) is 0 Å². The summed E-state index contributed by atoms with van der Waals surface area (Å²) in [5.74, 6) is 0.818. The van der Waals surface area contributed by atoms with Crippen molar-refractivity contribution in [1.82, 2.24) is 10.2 Å². The van der Waals surface area contributed by atoms with Crippen LogP contribution in [-0.4, -0.2) is 17.3 Å². The smallest absolute Gasteiger partial charge is 0.203 e. The SMILES string of the molecule is COc1cc(C)cc(-c2nnc(N)s2)c1. The normalized spacial score (nSPS) is 10.3. The lowest BCUT2D eigenvalue weighted by Crippen LogP contribution is -1.86. The zero-order valence-corrected chi connectivity index (χ0v) is 9.34. The van der Waals surface area contributed by atoms with Crippen LogP contribution in [0, 0.1) is 6.92 Å². The molecule has 5 heteroatoms. The third-order valence-electron chi connectivity index (χ3n) is 1.97. The Kier molecular flexibility index (Phi) is 2.55. The molecule has 0 bridgehead atoms. The van der Waals surface area contributed by atoms with Gasteiger partial charge in [-0.05, 0) is 30.7 Å². The molecule has 0 spiro atoms. The second kappa shape index (κ2) is 3.86. The molecule has 2 rings (SSSR count). The van der Waals surface area contributed by atoms with Crippen LogP contribution in [0.1, 0.15) is 5.56 Å². The van der Waals surface area contributed by atoms with Gasteiger partial charge in [-0.1, -0.05) is 11.3 Å². The number of methoxy groups -OCH3 is 1. The zero-order chi connectivity index (χ0) is 10.8. The monoisotopic (exact) mass is 221 g/mol. The first-order chi connectivity index (χ1) is 7.19. The molecule has 0 radical (unpaired) electrons. The lowest BCUT2D eigenvalue weighted by molar-refractivity contribution is 0.414. The first-order valence-corrected chi connectivity index (χ1v) is 5.26. The van der Waals surface area contributed by atoms with E-state index in [1.807, 2.05) is 25.1 Å². The van der Waals surface area contributed by atoms with Crippen molar-refractivity contribution >= 4 is 16.5 Å². The number of hydrogen-bond donors (Lipinski definition) is 1. The molecule has 2 aromatic rings. The van der Waals surface area contributed by atoms with Gasteiger partial charge in [-0.3, -0.25) is 0 Å². The van der Waals surface area contributed by atoms with Crippen LogP contribution < -0.4 is 10.5 Å². The van der Waals surface area contributed by atoms with E-state index in [2.05, 4.69) is 10.2 Å². The van der Waals surface area contributed by atoms with Crippen LogP contribution in [-0.2, 0) is 0 Å². The largest absolute Gasteiger partial charge is 0.497 e. The van der Waals surface area contributed by atoms with Gasteiger partial charge in [-0.15, -0.1) is 10.2 Å². The van der Waals surface area contributed by atoms with Gasteiger partial charge in [0.1, 0.15) is 10.8 Å². The number of benzene rings is 1. The number of anilines is 1. The minimum absolute atomic E-state index is 0.477. The highest BCUT2D eigenvalue weighted by Crippen LogP contribution is 2.28. The maximum Gasteiger partial charge on any atom is 0.203 e. The molecule has 0 aliphatic carbocycles. The van der Waals surface area contributed by atoms with E-state index in [1.54, 1.807) is 7.11 Å². The number of ether oxygens (including phenoxy) is 1. The summed E-state index contributed by atoms with van der Waals surface area (Å²) in [6.45, 7) is 2.01. The van der Waals surface area contributed by atoms with Crippen LogP contribution in [0.3, 0.4) is 0 Å². The van der Waals surface area contributed by atoms with E-state index < -0.39 is 0 Å². The highest BCUT2D eigenvalue weighted by Gasteiger charge is 2.06. The Labute approximate surface area is 91.7 Å². The molecule has 2 N–H and O–H groups in total. The summed E-state index contributed by atoms with van der Waals surface area (Å²) < 4.78 is 5.19. The molecule has 0 amide bonds. The summed E-state index contributed by atoms with van der Waals surface area (Å²) in [7, 11) is 1.65. The van der Waals surface area contributed by atoms with Gasteiger partial charge >= 0.3 is 0 Å². The van der Waals surface area contributed by atoms with Crippen molar-refractivity contribution in [2.45, 2.75) is 6.92 Å². The fourth-order valence-electron chi connectivity index (χ4n) is 1.34. The Morgan fingerprint density at radius 2 is 2.07 bits per heavy atom. The van der Waals surface area contributed by atoms with E-state index in [0.29, 0.717) is 5.13 Å². The Bertz CT molecular complexity index is 481. The van der Waals surface area contributed by atoms with Crippen LogP contribution in [0.5, 0.6) is 5.75 Å². The summed E-state index contributed by atoms with van der Waals surface area (Å²) in [6, 6.07) is 5.92. The topological polar surface area (TPSA) is 61.0 Å². The van der Waals surface area contributed by atoms with Crippen molar-refractivity contribution in [3.63, 3.8) is 0 Å². The van der Waals surface area contributed by atoms with Crippen molar-refractivity contribution in [2.75, 3.05) is 12.8 Å². The molecule has 1 aromatic carbocycles. The molecule has 0 fully saturated rings. The predicted octanol–water partition coefficient (Wildman–Crippen LogP) is 2.10. The van der Waals surface area contributed by atoms with Crippen molar-refractivity contribution in [1.29, 1.82) is 0 Å². The molecular formula is C10H11N3OS. The summed E-state index contributed by atoms with van der Waals surface area (Å²) in [4.78, 5) is 0. The average molecular weight is 221 g/mol. The summed E-state index contributed by atoms with van der Waals surface area (Å²) >= 11 is 1.37. The standard InChI is InChI=1S/C10H11N3OS/c1-6-3-7(5-8(4-6)14-2)9-12-13-10(11)15-9/h3-5H,1-2H3,(H2,11,13). The number of nitrogens with two attached hydrogens (primary N) is 1. The highest BCUT2D eigenvalue weighted by molar-refractivity contribution is 7.18. The van der Waals surface area contributed by atoms with Crippen LogP contribution in [0.2, 0.25) is 0 Å². The first kappa shape index (κ1) is 9.92. The second-order valence-corrected chi connectivity index (χ2v) is 4.19. The molecule has 0 atom stereocenters. The van der Waals surface area contributed by atoms with E-state index in [4.69, 9.17) is 10.5 Å². The van der Waals surface area contributed by atoms with Crippen LogP contribution in [0.25, 0.3) is 10.6 Å². The minimum Gasteiger partial charge on any atom is -0.497 e. The van der Waals surface area contributed by atoms with Crippen molar-refractivity contribution in [3.8, 4) is 16.3 Å². The quantitative estimate of drug-likeness (QED) is 0.843. The number of nitrogens with zero attached hydrogens (tertiary/aromatic N) is 2. The van der Waals surface area contributed by atoms with Crippen molar-refractivity contribution in [2.24, 2.45) is 0 Å². The average Bonchev–Trinajstić information content (AvgIpc) is 2.64. The predicted molar refractivity (Wildman–Crippen MR) is 61.0 cm³/mol. The molecule has 1 heterocycles. The fourth-order valence-corrected chi connectivity index (χ4v) is 1.94. The van der Waals surface area contributed by atoms with E-state index in [9.17, 15) is 0 Å². The molecule has 0 saturated carbocycles. The molecule has 0 aliphatic heterocycles. The third-order valence-corrected chi connectivity index (χ3v) is 2.78. The summed E-state index contributed by atoms with van der Waals surface area (Å²) in [5.41, 5.74) is 7.65. The fraction of sp³-hybridized carbons (Fsp3) is 0.200. The molecule has 4 nitrogen and oxygen atoms in total. The number of aromatic nitrogens is 2. The molecule has 0 aliphatic rings. The molecule has 15 heavy (non-hydrogen) atoms. The maximum atomic E-state index is 5.54. The van der Waals surface area contributed by atoms with Gasteiger partial charge in [0, 0.05) is 5.56 Å². The van der Waals surface area contributed by atoms with E-state index >= 15 is 0 Å². The van der Waals surface area contributed by atoms with Crippen LogP contribution in [0.4, 0.5) is 5.13 Å². The van der Waals surface area contributed by atoms with Crippen LogP contribution in [0.15, 0.2) is 18.2 Å². The minimum atomic E-state index is 0.477. The Morgan fingerprint density at radius 3 is 2.67 bits per heavy atom. The molecule has 1 aromatic heterocycles. The molecular weight excluding hydrogens is 210 g/mol. The van der Waals surface area contributed by atoms with E-state index in [-0.39, 0.29) is 0 Å². The molecule has 0 saturated heterocycles. The first-order valence-electron chi connectivity index (χ1n) is 4.44. The van der Waals surface area contributed by atoms with Gasteiger partial charge < -0.3 is 10.5 Å². The van der Waals surface area contributed by atoms with Gasteiger partial charge in [0.15, 0.2) is 0 Å². The molecule has 0 unspecified atom stereocenters. The Balaban J connectivity index is 2.48. The number of hydrogen-bond acceptors (Lipinski definition) is 5. The van der Waals surface area contributed by atoms with Crippen molar-refractivity contribution < 1.29 is 4.74 Å². The van der Waals surface area contributed by atoms with E-state index in [1.165, 1.54) is 11.3 Å². The van der Waals surface area contributed by atoms with E-state index in [0.717, 1.165) is 21.9 Å². The lowest BCUT2D eigenvalue weighted by Gasteiger charge is -2.03. The van der Waals surface area contributed by atoms with Crippen LogP contribution >= 0.6 is 11.3 Å². The Morgan fingerprint density at radius 1 is 1.27 bits per heavy atom. The van der Waals surface area contributed by atoms with Gasteiger partial charge in [-0.2, -0.15) is 0 Å². The Hall–Kier alpha value is -1.62. The maximum absolute atomic E-state index is 5.54. The third kappa shape index (κ3) is 2.07. The summed E-state index contributed by atoms with van der Waals surface area (Å²) in [5, 5.41) is 9.07. The lowest BCUT2D eigenvalue weighted by atomic mass is 10.1. The number of nitrogen functional groups attached to an aromatic ring is 1. The van der Waals surface area contributed by atoms with Gasteiger partial charge in [0.25, 0.3) is 0 Å². The highest BCUT2D eigenvalue weighted by atomic mass is 32.1. The molecule has 78 valence electrons. The zero-order valence-electron chi connectivity index (χ0n) is 8.52. The summed E-state index contributed by atoms with van der Waals surface area (Å²) in [6.07, 6.45) is 0. The number of aryl methyl sites for hydroxylation is 1. The van der Waals surface area contributed by atoms with Crippen molar-refractivity contribution in [3.05, 3.63) is 23.8 Å². The number of rotatable bonds is 2. The second-order valence-electron chi connectivity index (χ2n) is 3.18.